The van der Waals surface area contributed by atoms with Crippen LogP contribution in [0.2, 0.25) is 0 Å². The van der Waals surface area contributed by atoms with Crippen LogP contribution >= 0.6 is 0 Å². The topological polar surface area (TPSA) is 83.5 Å². The van der Waals surface area contributed by atoms with Crippen molar-refractivity contribution in [3.63, 3.8) is 0 Å². The van der Waals surface area contributed by atoms with Gasteiger partial charge in [-0.05, 0) is 37.0 Å². The first-order valence-corrected chi connectivity index (χ1v) is 9.92. The predicted molar refractivity (Wildman–Crippen MR) is 93.0 cm³/mol. The molecule has 130 valence electrons. The molecule has 6 heteroatoms. The maximum Gasteiger partial charge on any atom is 0.307 e. The van der Waals surface area contributed by atoms with Gasteiger partial charge < -0.3 is 10.4 Å². The number of carbonyl (C=O) groups excluding carboxylic acids is 1. The van der Waals surface area contributed by atoms with Crippen molar-refractivity contribution < 1.29 is 18.9 Å². The van der Waals surface area contributed by atoms with Crippen LogP contribution in [0.5, 0.6) is 0 Å². The lowest BCUT2D eigenvalue weighted by Gasteiger charge is -2.21. The van der Waals surface area contributed by atoms with E-state index in [9.17, 15) is 13.8 Å². The maximum absolute atomic E-state index is 12.5. The number of carboxylic acid groups (broad SMARTS) is 1. The minimum Gasteiger partial charge on any atom is -0.481 e. The standard InChI is InChI=1S/C18H23NO4S/c20-17(15-10-16(15)18(21)22)19-13-6-4-5-12(9-13)11-24(23)14-7-2-1-3-8-14/h4-6,9,14-16H,1-3,7-8,10-11H2,(H,19,20)(H,21,22)/t15-,16+,24-/m0/s1. The van der Waals surface area contributed by atoms with Crippen molar-refractivity contribution in [1.82, 2.24) is 0 Å². The zero-order chi connectivity index (χ0) is 17.1. The van der Waals surface area contributed by atoms with Gasteiger partial charge in [-0.15, -0.1) is 0 Å². The van der Waals surface area contributed by atoms with Crippen LogP contribution in [0.3, 0.4) is 0 Å². The Morgan fingerprint density at radius 2 is 1.92 bits per heavy atom. The molecular formula is C18H23NO4S. The Labute approximate surface area is 144 Å². The first-order chi connectivity index (χ1) is 11.5. The Balaban J connectivity index is 1.57. The van der Waals surface area contributed by atoms with E-state index < -0.39 is 28.6 Å². The van der Waals surface area contributed by atoms with E-state index in [2.05, 4.69) is 5.32 Å². The number of hydrogen-bond acceptors (Lipinski definition) is 3. The molecule has 0 spiro atoms. The first kappa shape index (κ1) is 17.1. The Morgan fingerprint density at radius 3 is 2.58 bits per heavy atom. The van der Waals surface area contributed by atoms with Crippen molar-refractivity contribution in [2.45, 2.75) is 49.5 Å². The number of nitrogens with one attached hydrogen (secondary N) is 1. The summed E-state index contributed by atoms with van der Waals surface area (Å²) in [4.78, 5) is 22.9. The van der Waals surface area contributed by atoms with Gasteiger partial charge >= 0.3 is 5.97 Å². The predicted octanol–water partition coefficient (Wildman–Crippen LogP) is 2.93. The molecule has 3 rings (SSSR count). The summed E-state index contributed by atoms with van der Waals surface area (Å²) in [5.74, 6) is -1.62. The number of hydrogen-bond donors (Lipinski definition) is 2. The fourth-order valence-electron chi connectivity index (χ4n) is 3.34. The fraction of sp³-hybridized carbons (Fsp3) is 0.556. The molecule has 0 heterocycles. The molecule has 0 saturated heterocycles. The van der Waals surface area contributed by atoms with Gasteiger partial charge in [-0.3, -0.25) is 13.8 Å². The lowest BCUT2D eigenvalue weighted by Crippen LogP contribution is -2.20. The Morgan fingerprint density at radius 1 is 1.17 bits per heavy atom. The van der Waals surface area contributed by atoms with Crippen LogP contribution in [0, 0.1) is 11.8 Å². The highest BCUT2D eigenvalue weighted by atomic mass is 32.2. The van der Waals surface area contributed by atoms with Crippen molar-refractivity contribution in [1.29, 1.82) is 0 Å². The zero-order valence-electron chi connectivity index (χ0n) is 13.6. The van der Waals surface area contributed by atoms with Gasteiger partial charge in [-0.2, -0.15) is 0 Å². The molecule has 1 amide bonds. The van der Waals surface area contributed by atoms with Gasteiger partial charge in [0.15, 0.2) is 0 Å². The first-order valence-electron chi connectivity index (χ1n) is 8.54. The molecule has 24 heavy (non-hydrogen) atoms. The van der Waals surface area contributed by atoms with Gasteiger partial charge in [0.1, 0.15) is 0 Å². The van der Waals surface area contributed by atoms with Crippen LogP contribution in [-0.2, 0) is 26.1 Å². The van der Waals surface area contributed by atoms with E-state index in [-0.39, 0.29) is 5.91 Å². The summed E-state index contributed by atoms with van der Waals surface area (Å²) >= 11 is 0. The highest BCUT2D eigenvalue weighted by Crippen LogP contribution is 2.39. The second kappa shape index (κ2) is 7.47. The molecule has 0 unspecified atom stereocenters. The number of rotatable bonds is 6. The lowest BCUT2D eigenvalue weighted by molar-refractivity contribution is -0.139. The minimum absolute atomic E-state index is 0.243. The van der Waals surface area contributed by atoms with Crippen LogP contribution in [0.4, 0.5) is 5.69 Å². The average Bonchev–Trinajstić information content (AvgIpc) is 3.37. The molecular weight excluding hydrogens is 326 g/mol. The zero-order valence-corrected chi connectivity index (χ0v) is 14.4. The van der Waals surface area contributed by atoms with Gasteiger partial charge in [0.05, 0.1) is 11.8 Å². The summed E-state index contributed by atoms with van der Waals surface area (Å²) < 4.78 is 12.5. The van der Waals surface area contributed by atoms with Crippen molar-refractivity contribution >= 4 is 28.4 Å². The van der Waals surface area contributed by atoms with Crippen LogP contribution in [-0.4, -0.2) is 26.4 Å². The number of anilines is 1. The second-order valence-corrected chi connectivity index (χ2v) is 8.48. The molecule has 0 radical (unpaired) electrons. The number of aliphatic carboxylic acids is 1. The lowest BCUT2D eigenvalue weighted by atomic mass is 10.0. The third-order valence-electron chi connectivity index (χ3n) is 4.87. The quantitative estimate of drug-likeness (QED) is 0.827. The smallest absolute Gasteiger partial charge is 0.307 e. The number of carboxylic acids is 1. The summed E-state index contributed by atoms with van der Waals surface area (Å²) in [6, 6.07) is 7.39. The fourth-order valence-corrected chi connectivity index (χ4v) is 4.94. The summed E-state index contributed by atoms with van der Waals surface area (Å²) in [7, 11) is -0.877. The molecule has 0 bridgehead atoms. The molecule has 0 aromatic heterocycles. The molecule has 2 N–H and O–H groups in total. The number of carbonyl (C=O) groups is 2. The van der Waals surface area contributed by atoms with Crippen LogP contribution in [0.15, 0.2) is 24.3 Å². The Bertz CT molecular complexity index is 654. The summed E-state index contributed by atoms with van der Waals surface area (Å²) in [6.45, 7) is 0. The molecule has 2 fully saturated rings. The van der Waals surface area contributed by atoms with Crippen molar-refractivity contribution in [3.8, 4) is 0 Å². The minimum atomic E-state index is -0.910. The normalized spacial score (nSPS) is 25.0. The van der Waals surface area contributed by atoms with E-state index >= 15 is 0 Å². The molecule has 5 nitrogen and oxygen atoms in total. The van der Waals surface area contributed by atoms with Gasteiger partial charge in [0, 0.05) is 27.5 Å². The molecule has 0 aliphatic heterocycles. The molecule has 1 aromatic rings. The summed E-state index contributed by atoms with van der Waals surface area (Å²) in [5.41, 5.74) is 1.59. The van der Waals surface area contributed by atoms with Crippen LogP contribution < -0.4 is 5.32 Å². The Kier molecular flexibility index (Phi) is 5.33. The summed E-state index contributed by atoms with van der Waals surface area (Å²) in [6.07, 6.45) is 6.07. The van der Waals surface area contributed by atoms with Gasteiger partial charge in [-0.25, -0.2) is 0 Å². The number of benzene rings is 1. The molecule has 2 saturated carbocycles. The van der Waals surface area contributed by atoms with Gasteiger partial charge in [0.25, 0.3) is 0 Å². The van der Waals surface area contributed by atoms with E-state index in [0.717, 1.165) is 18.4 Å². The third kappa shape index (κ3) is 4.23. The third-order valence-corrected chi connectivity index (χ3v) is 6.70. The van der Waals surface area contributed by atoms with Crippen molar-refractivity contribution in [3.05, 3.63) is 29.8 Å². The van der Waals surface area contributed by atoms with E-state index in [1.165, 1.54) is 19.3 Å². The monoisotopic (exact) mass is 349 g/mol. The van der Waals surface area contributed by atoms with E-state index in [4.69, 9.17) is 5.11 Å². The van der Waals surface area contributed by atoms with Crippen molar-refractivity contribution in [2.75, 3.05) is 5.32 Å². The second-order valence-electron chi connectivity index (χ2n) is 6.76. The van der Waals surface area contributed by atoms with Crippen molar-refractivity contribution in [2.24, 2.45) is 11.8 Å². The largest absolute Gasteiger partial charge is 0.481 e. The SMILES string of the molecule is O=C(Nc1cccc(C[S@](=O)C2CCCCC2)c1)[C@H]1C[C@H]1C(=O)O. The molecule has 1 aromatic carbocycles. The summed E-state index contributed by atoms with van der Waals surface area (Å²) in [5, 5.41) is 12.0. The molecule has 2 aliphatic carbocycles. The molecule has 2 aliphatic rings. The van der Waals surface area contributed by atoms with E-state index in [0.29, 0.717) is 23.1 Å². The highest BCUT2D eigenvalue weighted by molar-refractivity contribution is 7.84. The van der Waals surface area contributed by atoms with Gasteiger partial charge in [-0.1, -0.05) is 31.4 Å². The maximum atomic E-state index is 12.5. The number of amides is 1. The highest BCUT2D eigenvalue weighted by Gasteiger charge is 2.48. The van der Waals surface area contributed by atoms with Gasteiger partial charge in [0.2, 0.25) is 5.91 Å². The van der Waals surface area contributed by atoms with Crippen LogP contribution in [0.25, 0.3) is 0 Å². The molecule has 3 atom stereocenters. The van der Waals surface area contributed by atoms with E-state index in [1.54, 1.807) is 6.07 Å². The van der Waals surface area contributed by atoms with Crippen LogP contribution in [0.1, 0.15) is 44.1 Å². The Hall–Kier alpha value is -1.69. The average molecular weight is 349 g/mol. The van der Waals surface area contributed by atoms with E-state index in [1.807, 2.05) is 18.2 Å².